The van der Waals surface area contributed by atoms with Crippen LogP contribution in [0.2, 0.25) is 0 Å². The van der Waals surface area contributed by atoms with E-state index in [0.29, 0.717) is 4.77 Å². The second-order valence-electron chi connectivity index (χ2n) is 3.65. The highest BCUT2D eigenvalue weighted by atomic mass is 32.1. The van der Waals surface area contributed by atoms with Gasteiger partial charge >= 0.3 is 0 Å². The largest absolute Gasteiger partial charge is 0.329 e. The number of nitrogens with one attached hydrogen (secondary N) is 1. The van der Waals surface area contributed by atoms with Crippen LogP contribution in [-0.4, -0.2) is 24.7 Å². The minimum Gasteiger partial charge on any atom is -0.329 e. The Morgan fingerprint density at radius 3 is 2.72 bits per heavy atom. The Hall–Kier alpha value is -2.34. The Morgan fingerprint density at radius 1 is 1.17 bits per heavy atom. The standard InChI is InChI=1S/C12H9N5S/c18-12-14-6-10(17-8-13-7-15-17)11(16-12)9-4-2-1-3-5-9/h1-8H,(H,14,16,18). The van der Waals surface area contributed by atoms with Gasteiger partial charge in [-0.05, 0) is 12.2 Å². The summed E-state index contributed by atoms with van der Waals surface area (Å²) in [6.07, 6.45) is 4.80. The zero-order chi connectivity index (χ0) is 12.4. The first-order valence-corrected chi connectivity index (χ1v) is 5.75. The van der Waals surface area contributed by atoms with E-state index in [2.05, 4.69) is 20.1 Å². The molecule has 0 saturated heterocycles. The third kappa shape index (κ3) is 1.93. The molecule has 2 aromatic heterocycles. The van der Waals surface area contributed by atoms with E-state index in [1.807, 2.05) is 30.3 Å². The SMILES string of the molecule is S=c1ncc(-n2cncn2)c(-c2ccccc2)[nH]1. The van der Waals surface area contributed by atoms with Crippen molar-refractivity contribution < 1.29 is 0 Å². The van der Waals surface area contributed by atoms with E-state index in [-0.39, 0.29) is 0 Å². The van der Waals surface area contributed by atoms with Gasteiger partial charge in [-0.1, -0.05) is 30.3 Å². The molecule has 0 aliphatic carbocycles. The van der Waals surface area contributed by atoms with Crippen molar-refractivity contribution in [2.75, 3.05) is 0 Å². The van der Waals surface area contributed by atoms with Crippen LogP contribution < -0.4 is 0 Å². The lowest BCUT2D eigenvalue weighted by Crippen LogP contribution is -2.01. The minimum absolute atomic E-state index is 0.442. The fraction of sp³-hybridized carbons (Fsp3) is 0. The van der Waals surface area contributed by atoms with Gasteiger partial charge in [-0.15, -0.1) is 0 Å². The number of hydrogen-bond donors (Lipinski definition) is 1. The van der Waals surface area contributed by atoms with Crippen molar-refractivity contribution >= 4 is 12.2 Å². The number of aromatic amines is 1. The highest BCUT2D eigenvalue weighted by Gasteiger charge is 2.08. The third-order valence-corrected chi connectivity index (χ3v) is 2.73. The average molecular weight is 255 g/mol. The van der Waals surface area contributed by atoms with Gasteiger partial charge in [-0.25, -0.2) is 14.6 Å². The molecule has 1 N–H and O–H groups in total. The summed E-state index contributed by atoms with van der Waals surface area (Å²) < 4.78 is 2.10. The van der Waals surface area contributed by atoms with Crippen molar-refractivity contribution in [3.05, 3.63) is 54.0 Å². The normalized spacial score (nSPS) is 10.4. The molecular weight excluding hydrogens is 246 g/mol. The molecule has 0 radical (unpaired) electrons. The molecule has 1 aromatic carbocycles. The summed E-state index contributed by atoms with van der Waals surface area (Å²) in [7, 11) is 0. The predicted octanol–water partition coefficient (Wildman–Crippen LogP) is 2.39. The quantitative estimate of drug-likeness (QED) is 0.714. The summed E-state index contributed by atoms with van der Waals surface area (Å²) in [5.41, 5.74) is 2.71. The molecule has 0 saturated carbocycles. The Morgan fingerprint density at radius 2 is 2.00 bits per heavy atom. The lowest BCUT2D eigenvalue weighted by atomic mass is 10.1. The molecule has 0 aliphatic heterocycles. The van der Waals surface area contributed by atoms with Crippen LogP contribution in [-0.2, 0) is 0 Å². The number of benzene rings is 1. The number of nitrogens with zero attached hydrogens (tertiary/aromatic N) is 4. The molecule has 0 spiro atoms. The van der Waals surface area contributed by atoms with Gasteiger partial charge in [-0.2, -0.15) is 5.10 Å². The smallest absolute Gasteiger partial charge is 0.197 e. The lowest BCUT2D eigenvalue weighted by Gasteiger charge is -2.08. The average Bonchev–Trinajstić information content (AvgIpc) is 2.93. The summed E-state index contributed by atoms with van der Waals surface area (Å²) in [5.74, 6) is 0. The van der Waals surface area contributed by atoms with E-state index in [1.165, 1.54) is 6.33 Å². The van der Waals surface area contributed by atoms with E-state index in [1.54, 1.807) is 17.2 Å². The van der Waals surface area contributed by atoms with Crippen molar-refractivity contribution in [1.29, 1.82) is 0 Å². The first-order chi connectivity index (χ1) is 8.84. The van der Waals surface area contributed by atoms with E-state index in [9.17, 15) is 0 Å². The van der Waals surface area contributed by atoms with Crippen molar-refractivity contribution in [3.8, 4) is 16.9 Å². The second kappa shape index (κ2) is 4.50. The van der Waals surface area contributed by atoms with Crippen LogP contribution in [0.5, 0.6) is 0 Å². The van der Waals surface area contributed by atoms with Crippen molar-refractivity contribution in [2.24, 2.45) is 0 Å². The van der Waals surface area contributed by atoms with Crippen LogP contribution in [0, 0.1) is 4.77 Å². The Balaban J connectivity index is 2.25. The number of hydrogen-bond acceptors (Lipinski definition) is 4. The highest BCUT2D eigenvalue weighted by Crippen LogP contribution is 2.22. The molecule has 88 valence electrons. The summed E-state index contributed by atoms with van der Waals surface area (Å²) >= 11 is 5.08. The first kappa shape index (κ1) is 10.8. The van der Waals surface area contributed by atoms with Gasteiger partial charge in [0.2, 0.25) is 0 Å². The molecule has 18 heavy (non-hydrogen) atoms. The Labute approximate surface area is 108 Å². The monoisotopic (exact) mass is 255 g/mol. The summed E-state index contributed by atoms with van der Waals surface area (Å²) in [5, 5.41) is 4.11. The first-order valence-electron chi connectivity index (χ1n) is 5.34. The van der Waals surface area contributed by atoms with Gasteiger partial charge in [0.15, 0.2) is 4.77 Å². The van der Waals surface area contributed by atoms with E-state index < -0.39 is 0 Å². The molecule has 0 atom stereocenters. The Kier molecular flexibility index (Phi) is 2.70. The second-order valence-corrected chi connectivity index (χ2v) is 4.04. The topological polar surface area (TPSA) is 59.4 Å². The van der Waals surface area contributed by atoms with Gasteiger partial charge in [0.1, 0.15) is 18.3 Å². The van der Waals surface area contributed by atoms with E-state index in [0.717, 1.165) is 16.9 Å². The number of H-pyrrole nitrogens is 1. The number of rotatable bonds is 2. The molecule has 0 bridgehead atoms. The lowest BCUT2D eigenvalue weighted by molar-refractivity contribution is 0.863. The van der Waals surface area contributed by atoms with Gasteiger partial charge in [0, 0.05) is 5.56 Å². The third-order valence-electron chi connectivity index (χ3n) is 2.52. The van der Waals surface area contributed by atoms with Crippen molar-refractivity contribution in [1.82, 2.24) is 24.7 Å². The van der Waals surface area contributed by atoms with Crippen LogP contribution in [0.1, 0.15) is 0 Å². The van der Waals surface area contributed by atoms with Crippen molar-refractivity contribution in [3.63, 3.8) is 0 Å². The van der Waals surface area contributed by atoms with E-state index in [4.69, 9.17) is 12.2 Å². The molecule has 0 fully saturated rings. The molecule has 6 heteroatoms. The molecule has 2 heterocycles. The summed E-state index contributed by atoms with van der Waals surface area (Å²) in [6, 6.07) is 9.91. The molecule has 0 aliphatic rings. The van der Waals surface area contributed by atoms with Gasteiger partial charge < -0.3 is 4.98 Å². The maximum atomic E-state index is 5.08. The highest BCUT2D eigenvalue weighted by molar-refractivity contribution is 7.71. The van der Waals surface area contributed by atoms with Crippen LogP contribution in [0.4, 0.5) is 0 Å². The van der Waals surface area contributed by atoms with Gasteiger partial charge in [0.05, 0.1) is 11.9 Å². The number of aromatic nitrogens is 5. The Bertz CT molecular complexity index is 703. The van der Waals surface area contributed by atoms with Crippen LogP contribution in [0.15, 0.2) is 49.2 Å². The maximum absolute atomic E-state index is 5.08. The van der Waals surface area contributed by atoms with Crippen molar-refractivity contribution in [2.45, 2.75) is 0 Å². The maximum Gasteiger partial charge on any atom is 0.197 e. The van der Waals surface area contributed by atoms with Crippen LogP contribution in [0.3, 0.4) is 0 Å². The molecular formula is C12H9N5S. The molecule has 3 aromatic rings. The minimum atomic E-state index is 0.442. The summed E-state index contributed by atoms with van der Waals surface area (Å²) in [4.78, 5) is 11.1. The van der Waals surface area contributed by atoms with Crippen LogP contribution in [0.25, 0.3) is 16.9 Å². The fourth-order valence-corrected chi connectivity index (χ4v) is 1.87. The van der Waals surface area contributed by atoms with Gasteiger partial charge in [0.25, 0.3) is 0 Å². The van der Waals surface area contributed by atoms with Gasteiger partial charge in [-0.3, -0.25) is 0 Å². The molecule has 5 nitrogen and oxygen atoms in total. The van der Waals surface area contributed by atoms with E-state index >= 15 is 0 Å². The summed E-state index contributed by atoms with van der Waals surface area (Å²) in [6.45, 7) is 0. The van der Waals surface area contributed by atoms with Crippen LogP contribution >= 0.6 is 12.2 Å². The zero-order valence-electron chi connectivity index (χ0n) is 9.32. The fourth-order valence-electron chi connectivity index (χ4n) is 1.72. The zero-order valence-corrected chi connectivity index (χ0v) is 10.1. The predicted molar refractivity (Wildman–Crippen MR) is 69.8 cm³/mol. The molecule has 3 rings (SSSR count). The molecule has 0 unspecified atom stereocenters. The molecule has 0 amide bonds.